The van der Waals surface area contributed by atoms with Crippen molar-refractivity contribution in [2.75, 3.05) is 10.6 Å². The third kappa shape index (κ3) is 3.67. The number of hydrogen-bond donors (Lipinski definition) is 2. The maximum absolute atomic E-state index is 12.1. The second-order valence-corrected chi connectivity index (χ2v) is 6.41. The molecule has 0 aliphatic heterocycles. The number of imidazole rings is 1. The van der Waals surface area contributed by atoms with E-state index in [1.165, 1.54) is 0 Å². The van der Waals surface area contributed by atoms with Gasteiger partial charge in [-0.25, -0.2) is 19.7 Å². The molecule has 134 valence electrons. The number of carbonyl (C=O) groups excluding carboxylic acids is 1. The first-order valence-corrected chi connectivity index (χ1v) is 8.42. The summed E-state index contributed by atoms with van der Waals surface area (Å²) < 4.78 is 1.87. The molecule has 0 bridgehead atoms. The smallest absolute Gasteiger partial charge is 0.306 e. The Morgan fingerprint density at radius 2 is 1.77 bits per heavy atom. The van der Waals surface area contributed by atoms with E-state index in [1.807, 2.05) is 38.3 Å². The minimum atomic E-state index is -0.419. The maximum atomic E-state index is 12.1. The summed E-state index contributed by atoms with van der Waals surface area (Å²) in [6.07, 6.45) is 3.10. The van der Waals surface area contributed by atoms with E-state index < -0.39 is 6.03 Å². The van der Waals surface area contributed by atoms with Crippen LogP contribution in [-0.4, -0.2) is 25.6 Å². The number of nitrogens with one attached hydrogen (secondary N) is 2. The molecule has 0 spiro atoms. The monoisotopic (exact) mass is 370 g/mol. The Kier molecular flexibility index (Phi) is 4.90. The summed E-state index contributed by atoms with van der Waals surface area (Å²) in [5, 5.41) is 5.87. The van der Waals surface area contributed by atoms with E-state index in [2.05, 4.69) is 25.6 Å². The highest BCUT2D eigenvalue weighted by molar-refractivity contribution is 6.33. The standard InChI is InChI=1S/C18H19ClN6O/c1-10-5-6-16(15(19)7-10)24-18(26)23-14-8-20-17(21-9-14)25-12(3)11(2)22-13(25)4/h5-9H,1-4H3,(H2,23,24,26). The Hall–Kier alpha value is -2.93. The fourth-order valence-corrected chi connectivity index (χ4v) is 2.86. The van der Waals surface area contributed by atoms with Crippen LogP contribution in [-0.2, 0) is 0 Å². The van der Waals surface area contributed by atoms with E-state index >= 15 is 0 Å². The zero-order valence-electron chi connectivity index (χ0n) is 15.0. The van der Waals surface area contributed by atoms with Gasteiger partial charge < -0.3 is 10.6 Å². The average Bonchev–Trinajstić information content (AvgIpc) is 2.84. The van der Waals surface area contributed by atoms with Crippen LogP contribution >= 0.6 is 11.6 Å². The van der Waals surface area contributed by atoms with Crippen LogP contribution in [0.4, 0.5) is 16.2 Å². The molecule has 0 radical (unpaired) electrons. The van der Waals surface area contributed by atoms with Crippen molar-refractivity contribution in [1.29, 1.82) is 0 Å². The molecule has 0 unspecified atom stereocenters. The van der Waals surface area contributed by atoms with Crippen molar-refractivity contribution >= 4 is 29.0 Å². The maximum Gasteiger partial charge on any atom is 0.323 e. The number of benzene rings is 1. The van der Waals surface area contributed by atoms with Crippen LogP contribution in [0.5, 0.6) is 0 Å². The quantitative estimate of drug-likeness (QED) is 0.723. The summed E-state index contributed by atoms with van der Waals surface area (Å²) in [7, 11) is 0. The van der Waals surface area contributed by atoms with Crippen LogP contribution in [0.2, 0.25) is 5.02 Å². The van der Waals surface area contributed by atoms with Crippen molar-refractivity contribution in [3.05, 3.63) is 58.4 Å². The number of amides is 2. The highest BCUT2D eigenvalue weighted by Gasteiger charge is 2.12. The van der Waals surface area contributed by atoms with Gasteiger partial charge in [-0.3, -0.25) is 4.57 Å². The summed E-state index contributed by atoms with van der Waals surface area (Å²) in [5.41, 5.74) is 3.94. The van der Waals surface area contributed by atoms with Gasteiger partial charge in [0.05, 0.1) is 34.5 Å². The molecular weight excluding hydrogens is 352 g/mol. The Labute approximate surface area is 156 Å². The zero-order valence-corrected chi connectivity index (χ0v) is 15.7. The lowest BCUT2D eigenvalue weighted by Crippen LogP contribution is -2.20. The normalized spacial score (nSPS) is 10.7. The van der Waals surface area contributed by atoms with Gasteiger partial charge >= 0.3 is 6.03 Å². The number of carbonyl (C=O) groups is 1. The van der Waals surface area contributed by atoms with Crippen molar-refractivity contribution in [1.82, 2.24) is 19.5 Å². The van der Waals surface area contributed by atoms with Gasteiger partial charge in [-0.15, -0.1) is 0 Å². The van der Waals surface area contributed by atoms with E-state index in [0.29, 0.717) is 22.3 Å². The first-order chi connectivity index (χ1) is 12.3. The van der Waals surface area contributed by atoms with Gasteiger partial charge in [-0.05, 0) is 45.4 Å². The fourth-order valence-electron chi connectivity index (χ4n) is 2.58. The van der Waals surface area contributed by atoms with Gasteiger partial charge in [0.25, 0.3) is 0 Å². The van der Waals surface area contributed by atoms with Gasteiger partial charge in [-0.2, -0.15) is 0 Å². The van der Waals surface area contributed by atoms with Crippen LogP contribution in [0.1, 0.15) is 22.8 Å². The van der Waals surface area contributed by atoms with E-state index in [-0.39, 0.29) is 0 Å². The molecule has 1 aromatic carbocycles. The Bertz CT molecular complexity index is 965. The molecule has 2 aromatic heterocycles. The highest BCUT2D eigenvalue weighted by Crippen LogP contribution is 2.23. The molecule has 2 heterocycles. The minimum absolute atomic E-state index is 0.419. The molecule has 2 N–H and O–H groups in total. The van der Waals surface area contributed by atoms with Crippen LogP contribution in [0.25, 0.3) is 5.95 Å². The van der Waals surface area contributed by atoms with E-state index in [9.17, 15) is 4.79 Å². The molecule has 0 aliphatic carbocycles. The Morgan fingerprint density at radius 3 is 2.35 bits per heavy atom. The van der Waals surface area contributed by atoms with Gasteiger partial charge in [0.2, 0.25) is 5.95 Å². The van der Waals surface area contributed by atoms with Crippen molar-refractivity contribution in [3.63, 3.8) is 0 Å². The highest BCUT2D eigenvalue weighted by atomic mass is 35.5. The Balaban J connectivity index is 1.72. The van der Waals surface area contributed by atoms with Crippen molar-refractivity contribution in [3.8, 4) is 5.95 Å². The van der Waals surface area contributed by atoms with Crippen LogP contribution < -0.4 is 10.6 Å². The van der Waals surface area contributed by atoms with E-state index in [1.54, 1.807) is 24.5 Å². The molecule has 26 heavy (non-hydrogen) atoms. The number of anilines is 2. The molecule has 7 nitrogen and oxygen atoms in total. The van der Waals surface area contributed by atoms with Gasteiger partial charge in [0, 0.05) is 5.69 Å². The fraction of sp³-hybridized carbons (Fsp3) is 0.222. The van der Waals surface area contributed by atoms with E-state index in [0.717, 1.165) is 22.8 Å². The lowest BCUT2D eigenvalue weighted by molar-refractivity contribution is 0.262. The van der Waals surface area contributed by atoms with E-state index in [4.69, 9.17) is 11.6 Å². The molecule has 3 rings (SSSR count). The Morgan fingerprint density at radius 1 is 1.08 bits per heavy atom. The van der Waals surface area contributed by atoms with Crippen molar-refractivity contribution in [2.24, 2.45) is 0 Å². The van der Waals surface area contributed by atoms with Gasteiger partial charge in [-0.1, -0.05) is 17.7 Å². The van der Waals surface area contributed by atoms with Gasteiger partial charge in [0.15, 0.2) is 0 Å². The lowest BCUT2D eigenvalue weighted by atomic mass is 10.2. The third-order valence-corrected chi connectivity index (χ3v) is 4.29. The zero-order chi connectivity index (χ0) is 18.8. The molecule has 0 atom stereocenters. The number of hydrogen-bond acceptors (Lipinski definition) is 4. The molecule has 8 heteroatoms. The predicted molar refractivity (Wildman–Crippen MR) is 102 cm³/mol. The lowest BCUT2D eigenvalue weighted by Gasteiger charge is -2.10. The number of rotatable bonds is 3. The third-order valence-electron chi connectivity index (χ3n) is 3.98. The topological polar surface area (TPSA) is 84.7 Å². The first kappa shape index (κ1) is 17.9. The number of aromatic nitrogens is 4. The van der Waals surface area contributed by atoms with Gasteiger partial charge in [0.1, 0.15) is 5.82 Å². The van der Waals surface area contributed by atoms with Crippen LogP contribution in [0.3, 0.4) is 0 Å². The SMILES string of the molecule is Cc1ccc(NC(=O)Nc2cnc(-n3c(C)nc(C)c3C)nc2)c(Cl)c1. The number of aryl methyl sites for hydroxylation is 3. The summed E-state index contributed by atoms with van der Waals surface area (Å²) in [6.45, 7) is 7.73. The minimum Gasteiger partial charge on any atom is -0.306 e. The predicted octanol–water partition coefficient (Wildman–Crippen LogP) is 4.19. The largest absolute Gasteiger partial charge is 0.323 e. The molecule has 0 saturated carbocycles. The summed E-state index contributed by atoms with van der Waals surface area (Å²) in [5.74, 6) is 1.32. The van der Waals surface area contributed by atoms with Crippen molar-refractivity contribution in [2.45, 2.75) is 27.7 Å². The molecule has 3 aromatic rings. The van der Waals surface area contributed by atoms with Crippen molar-refractivity contribution < 1.29 is 4.79 Å². The molecular formula is C18H19ClN6O. The summed E-state index contributed by atoms with van der Waals surface area (Å²) in [6, 6.07) is 4.99. The van der Waals surface area contributed by atoms with Crippen LogP contribution in [0, 0.1) is 27.7 Å². The molecule has 0 saturated heterocycles. The second kappa shape index (κ2) is 7.13. The number of halogens is 1. The second-order valence-electron chi connectivity index (χ2n) is 6.00. The first-order valence-electron chi connectivity index (χ1n) is 8.04. The summed E-state index contributed by atoms with van der Waals surface area (Å²) in [4.78, 5) is 25.2. The number of nitrogens with zero attached hydrogens (tertiary/aromatic N) is 4. The molecule has 0 fully saturated rings. The average molecular weight is 371 g/mol. The molecule has 0 aliphatic rings. The van der Waals surface area contributed by atoms with Crippen LogP contribution in [0.15, 0.2) is 30.6 Å². The molecule has 2 amide bonds. The summed E-state index contributed by atoms with van der Waals surface area (Å²) >= 11 is 6.12. The number of urea groups is 1.